The Morgan fingerprint density at radius 3 is 2.43 bits per heavy atom. The van der Waals surface area contributed by atoms with E-state index in [-0.39, 0.29) is 13.1 Å². The third-order valence-corrected chi connectivity index (χ3v) is 1.47. The minimum Gasteiger partial charge on any atom is -0.395 e. The fourth-order valence-electron chi connectivity index (χ4n) is 0.891. The van der Waals surface area contributed by atoms with Crippen molar-refractivity contribution in [1.82, 2.24) is 10.2 Å². The zero-order valence-electron chi connectivity index (χ0n) is 7.76. The van der Waals surface area contributed by atoms with Crippen LogP contribution in [-0.4, -0.2) is 55.4 Å². The molecule has 2 N–H and O–H groups in total. The van der Waals surface area contributed by atoms with Gasteiger partial charge in [-0.15, -0.1) is 0 Å². The number of aliphatic hydroxyl groups excluding tert-OH is 1. The van der Waals surface area contributed by atoms with Crippen molar-refractivity contribution in [3.05, 3.63) is 0 Å². The smallest absolute Gasteiger partial charge is 0.395 e. The number of aliphatic hydroxyl groups is 1. The Hall–Kier alpha value is -0.820. The number of alkyl halides is 3. The Kier molecular flexibility index (Phi) is 5.47. The molecule has 0 spiro atoms. The van der Waals surface area contributed by atoms with E-state index < -0.39 is 25.2 Å². The second-order valence-electron chi connectivity index (χ2n) is 2.72. The van der Waals surface area contributed by atoms with E-state index >= 15 is 0 Å². The Balaban J connectivity index is 4.08. The fourth-order valence-corrected chi connectivity index (χ4v) is 0.891. The van der Waals surface area contributed by atoms with Crippen LogP contribution in [0.3, 0.4) is 0 Å². The molecular weight excluding hydrogens is 201 g/mol. The van der Waals surface area contributed by atoms with Crippen LogP contribution < -0.4 is 5.32 Å². The number of nitrogens with one attached hydrogen (secondary N) is 1. The molecular formula is C7H13F3N2O2. The lowest BCUT2D eigenvalue weighted by molar-refractivity contribution is -0.149. The van der Waals surface area contributed by atoms with Crippen molar-refractivity contribution < 1.29 is 23.1 Å². The summed E-state index contributed by atoms with van der Waals surface area (Å²) in [5.74, 6) is -0.511. The Morgan fingerprint density at radius 1 is 1.50 bits per heavy atom. The van der Waals surface area contributed by atoms with E-state index in [4.69, 9.17) is 5.11 Å². The van der Waals surface area contributed by atoms with Gasteiger partial charge in [0.05, 0.1) is 19.7 Å². The molecule has 1 amide bonds. The molecule has 0 saturated carbocycles. The normalized spacial score (nSPS) is 11.9. The van der Waals surface area contributed by atoms with Gasteiger partial charge in [0.1, 0.15) is 0 Å². The number of likely N-dealkylation sites (N-methyl/N-ethyl adjacent to an activating group) is 1. The van der Waals surface area contributed by atoms with Crippen molar-refractivity contribution in [2.75, 3.05) is 33.3 Å². The highest BCUT2D eigenvalue weighted by atomic mass is 19.4. The second-order valence-corrected chi connectivity index (χ2v) is 2.72. The number of hydrogen-bond donors (Lipinski definition) is 2. The topological polar surface area (TPSA) is 52.6 Å². The van der Waals surface area contributed by atoms with Crippen LogP contribution in [0, 0.1) is 0 Å². The molecule has 0 aromatic carbocycles. The molecule has 0 rings (SSSR count). The second kappa shape index (κ2) is 5.82. The van der Waals surface area contributed by atoms with Gasteiger partial charge in [0.25, 0.3) is 0 Å². The maximum atomic E-state index is 11.9. The molecule has 0 radical (unpaired) electrons. The highest BCUT2D eigenvalue weighted by molar-refractivity contribution is 5.77. The van der Waals surface area contributed by atoms with Gasteiger partial charge in [0.15, 0.2) is 0 Å². The zero-order chi connectivity index (χ0) is 11.2. The number of rotatable bonds is 5. The van der Waals surface area contributed by atoms with E-state index in [0.29, 0.717) is 0 Å². The summed E-state index contributed by atoms with van der Waals surface area (Å²) >= 11 is 0. The van der Waals surface area contributed by atoms with Gasteiger partial charge in [-0.1, -0.05) is 0 Å². The van der Waals surface area contributed by atoms with Crippen LogP contribution in [0.1, 0.15) is 0 Å². The van der Waals surface area contributed by atoms with Crippen LogP contribution in [-0.2, 0) is 4.79 Å². The summed E-state index contributed by atoms with van der Waals surface area (Å²) in [6.07, 6.45) is -4.36. The molecule has 4 nitrogen and oxygen atoms in total. The molecule has 0 unspecified atom stereocenters. The zero-order valence-corrected chi connectivity index (χ0v) is 7.76. The number of halogens is 3. The lowest BCUT2D eigenvalue weighted by Gasteiger charge is -2.21. The SMILES string of the molecule is CNC(=O)CN(CCO)CC(F)(F)F. The summed E-state index contributed by atoms with van der Waals surface area (Å²) in [7, 11) is 1.34. The third-order valence-electron chi connectivity index (χ3n) is 1.47. The summed E-state index contributed by atoms with van der Waals surface area (Å²) < 4.78 is 35.8. The highest BCUT2D eigenvalue weighted by Gasteiger charge is 2.30. The summed E-state index contributed by atoms with van der Waals surface area (Å²) in [6.45, 7) is -2.14. The predicted octanol–water partition coefficient (Wildman–Crippen LogP) is -0.411. The average molecular weight is 214 g/mol. The number of nitrogens with zero attached hydrogens (tertiary/aromatic N) is 1. The first-order chi connectivity index (χ1) is 6.39. The van der Waals surface area contributed by atoms with Crippen molar-refractivity contribution in [3.8, 4) is 0 Å². The lowest BCUT2D eigenvalue weighted by atomic mass is 10.4. The number of carbonyl (C=O) groups is 1. The maximum absolute atomic E-state index is 11.9. The van der Waals surface area contributed by atoms with Gasteiger partial charge in [-0.05, 0) is 0 Å². The van der Waals surface area contributed by atoms with Crippen molar-refractivity contribution in [1.29, 1.82) is 0 Å². The van der Waals surface area contributed by atoms with E-state index in [1.54, 1.807) is 0 Å². The number of hydrogen-bond acceptors (Lipinski definition) is 3. The van der Waals surface area contributed by atoms with E-state index in [1.165, 1.54) is 7.05 Å². The summed E-state index contributed by atoms with van der Waals surface area (Å²) in [4.78, 5) is 11.6. The minimum atomic E-state index is -4.36. The van der Waals surface area contributed by atoms with Gasteiger partial charge >= 0.3 is 6.18 Å². The van der Waals surface area contributed by atoms with E-state index in [2.05, 4.69) is 5.32 Å². The average Bonchev–Trinajstić information content (AvgIpc) is 2.01. The molecule has 0 aliphatic rings. The van der Waals surface area contributed by atoms with E-state index in [9.17, 15) is 18.0 Å². The molecule has 14 heavy (non-hydrogen) atoms. The fraction of sp³-hybridized carbons (Fsp3) is 0.857. The Labute approximate surface area is 79.7 Å². The molecule has 0 heterocycles. The van der Waals surface area contributed by atoms with Crippen LogP contribution in [0.4, 0.5) is 13.2 Å². The van der Waals surface area contributed by atoms with Crippen LogP contribution in [0.15, 0.2) is 0 Å². The largest absolute Gasteiger partial charge is 0.401 e. The molecule has 0 aliphatic carbocycles. The van der Waals surface area contributed by atoms with Crippen molar-refractivity contribution in [3.63, 3.8) is 0 Å². The molecule has 0 aromatic heterocycles. The van der Waals surface area contributed by atoms with Gasteiger partial charge in [-0.3, -0.25) is 9.69 Å². The summed E-state index contributed by atoms with van der Waals surface area (Å²) in [5, 5.41) is 10.7. The van der Waals surface area contributed by atoms with Gasteiger partial charge in [-0.25, -0.2) is 0 Å². The molecule has 0 bridgehead atoms. The molecule has 0 aliphatic heterocycles. The van der Waals surface area contributed by atoms with Crippen LogP contribution in [0.25, 0.3) is 0 Å². The van der Waals surface area contributed by atoms with Gasteiger partial charge in [-0.2, -0.15) is 13.2 Å². The van der Waals surface area contributed by atoms with Gasteiger partial charge < -0.3 is 10.4 Å². The first-order valence-corrected chi connectivity index (χ1v) is 3.99. The maximum Gasteiger partial charge on any atom is 0.401 e. The number of amides is 1. The highest BCUT2D eigenvalue weighted by Crippen LogP contribution is 2.15. The third kappa shape index (κ3) is 6.67. The first kappa shape index (κ1) is 13.2. The number of carbonyl (C=O) groups excluding carboxylic acids is 1. The van der Waals surface area contributed by atoms with Crippen molar-refractivity contribution in [2.45, 2.75) is 6.18 Å². The van der Waals surface area contributed by atoms with E-state index in [0.717, 1.165) is 4.90 Å². The minimum absolute atomic E-state index is 0.174. The van der Waals surface area contributed by atoms with Crippen molar-refractivity contribution >= 4 is 5.91 Å². The monoisotopic (exact) mass is 214 g/mol. The molecule has 7 heteroatoms. The van der Waals surface area contributed by atoms with E-state index in [1.807, 2.05) is 0 Å². The van der Waals surface area contributed by atoms with Crippen LogP contribution >= 0.6 is 0 Å². The summed E-state index contributed by atoms with van der Waals surface area (Å²) in [6, 6.07) is 0. The Bertz CT molecular complexity index is 184. The molecule has 0 saturated heterocycles. The van der Waals surface area contributed by atoms with Gasteiger partial charge in [0, 0.05) is 13.6 Å². The lowest BCUT2D eigenvalue weighted by Crippen LogP contribution is -2.42. The molecule has 84 valence electrons. The Morgan fingerprint density at radius 2 is 2.07 bits per heavy atom. The quantitative estimate of drug-likeness (QED) is 0.654. The summed E-state index contributed by atoms with van der Waals surface area (Å²) in [5.41, 5.74) is 0. The van der Waals surface area contributed by atoms with Crippen LogP contribution in [0.5, 0.6) is 0 Å². The first-order valence-electron chi connectivity index (χ1n) is 3.99. The van der Waals surface area contributed by atoms with Crippen LogP contribution in [0.2, 0.25) is 0 Å². The standard InChI is InChI=1S/C7H13F3N2O2/c1-11-6(14)4-12(2-3-13)5-7(8,9)10/h13H,2-5H2,1H3,(H,11,14). The van der Waals surface area contributed by atoms with Gasteiger partial charge in [0.2, 0.25) is 5.91 Å². The molecule has 0 atom stereocenters. The predicted molar refractivity (Wildman–Crippen MR) is 43.6 cm³/mol. The molecule has 0 aromatic rings. The van der Waals surface area contributed by atoms with Crippen molar-refractivity contribution in [2.24, 2.45) is 0 Å². The molecule has 0 fully saturated rings.